The molecule has 1 fully saturated rings. The third-order valence-corrected chi connectivity index (χ3v) is 5.86. The second-order valence-corrected chi connectivity index (χ2v) is 7.44. The minimum Gasteiger partial charge on any atom is -0.330 e. The smallest absolute Gasteiger partial charge is 0.246 e. The predicted octanol–water partition coefficient (Wildman–Crippen LogP) is 4.49. The van der Waals surface area contributed by atoms with E-state index in [2.05, 4.69) is 33.3 Å². The lowest BCUT2D eigenvalue weighted by Crippen LogP contribution is -2.25. The SMILES string of the molecule is c1ccc(-c2cnnc(N3CCCC3c3nc4ccccc4s3)n2)cc1. The number of hydrogen-bond donors (Lipinski definition) is 0. The summed E-state index contributed by atoms with van der Waals surface area (Å²) in [4.78, 5) is 11.9. The Bertz CT molecular complexity index is 1010. The van der Waals surface area contributed by atoms with Gasteiger partial charge in [-0.25, -0.2) is 9.97 Å². The molecule has 2 aromatic carbocycles. The molecule has 0 amide bonds. The van der Waals surface area contributed by atoms with Gasteiger partial charge in [-0.1, -0.05) is 42.5 Å². The third kappa shape index (κ3) is 2.72. The van der Waals surface area contributed by atoms with E-state index in [1.807, 2.05) is 36.4 Å². The van der Waals surface area contributed by atoms with E-state index < -0.39 is 0 Å². The Morgan fingerprint density at radius 2 is 1.81 bits per heavy atom. The van der Waals surface area contributed by atoms with Crippen LogP contribution in [0.5, 0.6) is 0 Å². The largest absolute Gasteiger partial charge is 0.330 e. The average molecular weight is 359 g/mol. The first-order chi connectivity index (χ1) is 12.9. The lowest BCUT2D eigenvalue weighted by Gasteiger charge is -2.22. The number of benzene rings is 2. The maximum absolute atomic E-state index is 4.85. The lowest BCUT2D eigenvalue weighted by molar-refractivity contribution is 0.690. The van der Waals surface area contributed by atoms with E-state index in [1.165, 1.54) is 4.70 Å². The van der Waals surface area contributed by atoms with E-state index in [-0.39, 0.29) is 6.04 Å². The highest BCUT2D eigenvalue weighted by atomic mass is 32.1. The molecule has 1 unspecified atom stereocenters. The van der Waals surface area contributed by atoms with Crippen LogP contribution in [0.15, 0.2) is 60.8 Å². The quantitative estimate of drug-likeness (QED) is 0.539. The lowest BCUT2D eigenvalue weighted by atomic mass is 10.2. The first kappa shape index (κ1) is 15.4. The fourth-order valence-electron chi connectivity index (χ4n) is 3.46. The molecule has 3 heterocycles. The minimum absolute atomic E-state index is 0.222. The Kier molecular flexibility index (Phi) is 3.83. The summed E-state index contributed by atoms with van der Waals surface area (Å²) in [5, 5.41) is 9.66. The van der Waals surface area contributed by atoms with Gasteiger partial charge in [-0.05, 0) is 25.0 Å². The van der Waals surface area contributed by atoms with Crippen LogP contribution in [0.4, 0.5) is 5.95 Å². The molecule has 128 valence electrons. The van der Waals surface area contributed by atoms with E-state index in [1.54, 1.807) is 17.5 Å². The molecule has 2 aromatic heterocycles. The summed E-state index contributed by atoms with van der Waals surface area (Å²) in [7, 11) is 0. The van der Waals surface area contributed by atoms with E-state index in [4.69, 9.17) is 9.97 Å². The number of aromatic nitrogens is 4. The molecule has 0 aliphatic carbocycles. The molecule has 4 aromatic rings. The van der Waals surface area contributed by atoms with Gasteiger partial charge in [0, 0.05) is 12.1 Å². The maximum atomic E-state index is 4.85. The highest BCUT2D eigenvalue weighted by Gasteiger charge is 2.31. The standard InChI is InChI=1S/C20H17N5S/c1-2-7-14(8-3-1)16-13-21-24-20(23-16)25-12-6-10-17(25)19-22-15-9-4-5-11-18(15)26-19/h1-5,7-9,11,13,17H,6,10,12H2. The molecule has 1 atom stereocenters. The summed E-state index contributed by atoms with van der Waals surface area (Å²) in [6.45, 7) is 0.931. The van der Waals surface area contributed by atoms with Crippen molar-refractivity contribution in [1.29, 1.82) is 0 Å². The Balaban J connectivity index is 1.51. The van der Waals surface area contributed by atoms with E-state index in [0.717, 1.165) is 41.2 Å². The second kappa shape index (κ2) is 6.46. The number of para-hydroxylation sites is 1. The first-order valence-corrected chi connectivity index (χ1v) is 9.57. The third-order valence-electron chi connectivity index (χ3n) is 4.72. The Hall–Kier alpha value is -2.86. The molecule has 0 radical (unpaired) electrons. The summed E-state index contributed by atoms with van der Waals surface area (Å²) >= 11 is 1.76. The molecule has 6 heteroatoms. The molecule has 1 saturated heterocycles. The number of nitrogens with zero attached hydrogens (tertiary/aromatic N) is 5. The summed E-state index contributed by atoms with van der Waals surface area (Å²) in [5.41, 5.74) is 2.97. The van der Waals surface area contributed by atoms with Crippen LogP contribution in [0.2, 0.25) is 0 Å². The topological polar surface area (TPSA) is 54.8 Å². The molecule has 0 spiro atoms. The van der Waals surface area contributed by atoms with Crippen LogP contribution in [0.25, 0.3) is 21.5 Å². The molecule has 26 heavy (non-hydrogen) atoms. The average Bonchev–Trinajstić information content (AvgIpc) is 3.35. The minimum atomic E-state index is 0.222. The summed E-state index contributed by atoms with van der Waals surface area (Å²) < 4.78 is 1.23. The molecule has 5 rings (SSSR count). The number of hydrogen-bond acceptors (Lipinski definition) is 6. The van der Waals surface area contributed by atoms with Gasteiger partial charge in [-0.15, -0.1) is 16.4 Å². The molecule has 0 bridgehead atoms. The molecule has 1 aliphatic rings. The van der Waals surface area contributed by atoms with Gasteiger partial charge in [0.1, 0.15) is 5.01 Å². The van der Waals surface area contributed by atoms with Gasteiger partial charge in [0.2, 0.25) is 5.95 Å². The molecule has 5 nitrogen and oxygen atoms in total. The van der Waals surface area contributed by atoms with Crippen molar-refractivity contribution in [3.05, 3.63) is 65.8 Å². The number of thiazole rings is 1. The van der Waals surface area contributed by atoms with Gasteiger partial charge in [0.25, 0.3) is 0 Å². The Morgan fingerprint density at radius 3 is 2.69 bits per heavy atom. The van der Waals surface area contributed by atoms with Gasteiger partial charge in [-0.2, -0.15) is 5.10 Å². The Morgan fingerprint density at radius 1 is 0.962 bits per heavy atom. The normalized spacial score (nSPS) is 17.1. The zero-order valence-electron chi connectivity index (χ0n) is 14.1. The van der Waals surface area contributed by atoms with Crippen molar-refractivity contribution >= 4 is 27.5 Å². The van der Waals surface area contributed by atoms with Gasteiger partial charge in [-0.3, -0.25) is 0 Å². The van der Waals surface area contributed by atoms with Crippen LogP contribution in [0, 0.1) is 0 Å². The summed E-state index contributed by atoms with van der Waals surface area (Å²) in [6, 6.07) is 18.6. The molecule has 0 N–H and O–H groups in total. The van der Waals surface area contributed by atoms with Crippen LogP contribution in [-0.2, 0) is 0 Å². The summed E-state index contributed by atoms with van der Waals surface area (Å²) in [5.74, 6) is 0.688. The molecular formula is C20H17N5S. The van der Waals surface area contributed by atoms with Gasteiger partial charge in [0.15, 0.2) is 0 Å². The van der Waals surface area contributed by atoms with Crippen molar-refractivity contribution in [2.24, 2.45) is 0 Å². The van der Waals surface area contributed by atoms with E-state index in [9.17, 15) is 0 Å². The Labute approximate surface area is 155 Å². The van der Waals surface area contributed by atoms with Crippen LogP contribution >= 0.6 is 11.3 Å². The fraction of sp³-hybridized carbons (Fsp3) is 0.200. The molecule has 0 saturated carbocycles. The van der Waals surface area contributed by atoms with Crippen LogP contribution < -0.4 is 4.90 Å². The number of rotatable bonds is 3. The van der Waals surface area contributed by atoms with Crippen molar-refractivity contribution in [2.45, 2.75) is 18.9 Å². The maximum Gasteiger partial charge on any atom is 0.246 e. The van der Waals surface area contributed by atoms with Crippen molar-refractivity contribution in [3.63, 3.8) is 0 Å². The first-order valence-electron chi connectivity index (χ1n) is 8.76. The van der Waals surface area contributed by atoms with E-state index >= 15 is 0 Å². The van der Waals surface area contributed by atoms with Crippen molar-refractivity contribution < 1.29 is 0 Å². The summed E-state index contributed by atoms with van der Waals surface area (Å²) in [6.07, 6.45) is 3.90. The van der Waals surface area contributed by atoms with Crippen LogP contribution in [0.1, 0.15) is 23.9 Å². The van der Waals surface area contributed by atoms with Gasteiger partial charge in [0.05, 0.1) is 28.1 Å². The molecular weight excluding hydrogens is 342 g/mol. The zero-order valence-corrected chi connectivity index (χ0v) is 14.9. The van der Waals surface area contributed by atoms with Gasteiger partial charge >= 0.3 is 0 Å². The highest BCUT2D eigenvalue weighted by molar-refractivity contribution is 7.18. The zero-order chi connectivity index (χ0) is 17.3. The van der Waals surface area contributed by atoms with Crippen molar-refractivity contribution in [1.82, 2.24) is 20.2 Å². The number of anilines is 1. The monoisotopic (exact) mass is 359 g/mol. The number of fused-ring (bicyclic) bond motifs is 1. The van der Waals surface area contributed by atoms with Crippen molar-refractivity contribution in [2.75, 3.05) is 11.4 Å². The fourth-order valence-corrected chi connectivity index (χ4v) is 4.57. The van der Waals surface area contributed by atoms with Crippen LogP contribution in [0.3, 0.4) is 0 Å². The predicted molar refractivity (Wildman–Crippen MR) is 104 cm³/mol. The van der Waals surface area contributed by atoms with Crippen molar-refractivity contribution in [3.8, 4) is 11.3 Å². The van der Waals surface area contributed by atoms with Crippen LogP contribution in [-0.4, -0.2) is 26.7 Å². The van der Waals surface area contributed by atoms with E-state index in [0.29, 0.717) is 5.95 Å². The second-order valence-electron chi connectivity index (χ2n) is 6.38. The van der Waals surface area contributed by atoms with Gasteiger partial charge < -0.3 is 4.90 Å². The molecule has 1 aliphatic heterocycles. The highest BCUT2D eigenvalue weighted by Crippen LogP contribution is 2.38.